The van der Waals surface area contributed by atoms with Gasteiger partial charge in [-0.2, -0.15) is 0 Å². The number of benzene rings is 1. The average molecular weight is 393 g/mol. The fourth-order valence-electron chi connectivity index (χ4n) is 5.65. The lowest BCUT2D eigenvalue weighted by molar-refractivity contribution is 0.331. The normalized spacial score (nSPS) is 29.0. The molecule has 0 atom stereocenters. The first-order valence-corrected chi connectivity index (χ1v) is 13.9. The molecule has 1 saturated carbocycles. The van der Waals surface area contributed by atoms with Crippen LogP contribution in [-0.4, -0.2) is 8.80 Å². The minimum absolute atomic E-state index is 0.498. The van der Waals surface area contributed by atoms with E-state index in [1.54, 1.807) is 18.2 Å². The van der Waals surface area contributed by atoms with Gasteiger partial charge in [-0.15, -0.1) is 0 Å². The van der Waals surface area contributed by atoms with Crippen molar-refractivity contribution in [1.29, 1.82) is 0 Å². The molecule has 0 unspecified atom stereocenters. The fourth-order valence-corrected chi connectivity index (χ4v) is 10.0. The van der Waals surface area contributed by atoms with Gasteiger partial charge in [0.15, 0.2) is 11.6 Å². The van der Waals surface area contributed by atoms with Gasteiger partial charge in [0.1, 0.15) is 0 Å². The predicted octanol–water partition coefficient (Wildman–Crippen LogP) is 7.68. The van der Waals surface area contributed by atoms with E-state index in [2.05, 4.69) is 6.92 Å². The second-order valence-corrected chi connectivity index (χ2v) is 13.0. The highest BCUT2D eigenvalue weighted by Gasteiger charge is 2.31. The Kier molecular flexibility index (Phi) is 8.36. The minimum atomic E-state index is -0.732. The first-order chi connectivity index (χ1) is 13.2. The van der Waals surface area contributed by atoms with Crippen molar-refractivity contribution in [2.75, 3.05) is 0 Å². The smallest absolute Gasteiger partial charge is 0.159 e. The van der Waals surface area contributed by atoms with Crippen molar-refractivity contribution in [3.8, 4) is 0 Å². The van der Waals surface area contributed by atoms with Crippen LogP contribution in [0.4, 0.5) is 8.78 Å². The number of halogens is 2. The zero-order valence-electron chi connectivity index (χ0n) is 17.2. The van der Waals surface area contributed by atoms with Crippen molar-refractivity contribution in [1.82, 2.24) is 0 Å². The van der Waals surface area contributed by atoms with E-state index in [0.29, 0.717) is 0 Å². The molecule has 0 amide bonds. The molecule has 0 spiro atoms. The summed E-state index contributed by atoms with van der Waals surface area (Å²) in [7, 11) is -0.498. The Morgan fingerprint density at radius 2 is 1.56 bits per heavy atom. The van der Waals surface area contributed by atoms with Crippen LogP contribution in [-0.2, 0) is 6.42 Å². The van der Waals surface area contributed by atoms with Gasteiger partial charge in [0.05, 0.1) is 0 Å². The summed E-state index contributed by atoms with van der Waals surface area (Å²) in [5.41, 5.74) is 2.05. The van der Waals surface area contributed by atoms with Crippen LogP contribution in [0.5, 0.6) is 0 Å². The highest BCUT2D eigenvalue weighted by molar-refractivity contribution is 6.60. The van der Waals surface area contributed by atoms with Crippen LogP contribution in [0.25, 0.3) is 0 Å². The maximum atomic E-state index is 13.3. The number of hydrogen-bond acceptors (Lipinski definition) is 0. The van der Waals surface area contributed by atoms with Crippen molar-refractivity contribution in [3.63, 3.8) is 0 Å². The van der Waals surface area contributed by atoms with Crippen LogP contribution in [0.3, 0.4) is 0 Å². The van der Waals surface area contributed by atoms with Crippen molar-refractivity contribution in [2.45, 2.75) is 102 Å². The van der Waals surface area contributed by atoms with E-state index in [9.17, 15) is 8.78 Å². The standard InChI is InChI=1S/C24H38F2Si/c1-2-3-4-5-19-14-16-27(17-15-19)22-11-8-20(9-12-22)6-7-21-10-13-23(25)24(26)18-21/h10,13,18-20,22,27H,2-9,11-12,14-17H2,1H3. The van der Waals surface area contributed by atoms with Gasteiger partial charge >= 0.3 is 0 Å². The highest BCUT2D eigenvalue weighted by atomic mass is 28.3. The molecule has 152 valence electrons. The van der Waals surface area contributed by atoms with E-state index in [4.69, 9.17) is 0 Å². The molecule has 0 aromatic heterocycles. The van der Waals surface area contributed by atoms with E-state index in [-0.39, 0.29) is 0 Å². The number of unbranched alkanes of at least 4 members (excludes halogenated alkanes) is 2. The lowest BCUT2D eigenvalue weighted by atomic mass is 9.85. The molecule has 0 bridgehead atoms. The van der Waals surface area contributed by atoms with Gasteiger partial charge in [0, 0.05) is 8.80 Å². The van der Waals surface area contributed by atoms with E-state index in [1.165, 1.54) is 76.3 Å². The van der Waals surface area contributed by atoms with Crippen LogP contribution < -0.4 is 0 Å². The van der Waals surface area contributed by atoms with Crippen molar-refractivity contribution in [3.05, 3.63) is 35.4 Å². The third-order valence-corrected chi connectivity index (χ3v) is 11.6. The molecule has 1 heterocycles. The maximum absolute atomic E-state index is 13.3. The molecular formula is C24H38F2Si. The van der Waals surface area contributed by atoms with E-state index in [1.807, 2.05) is 0 Å². The van der Waals surface area contributed by atoms with Gasteiger partial charge in [-0.05, 0) is 47.9 Å². The quantitative estimate of drug-likeness (QED) is 0.314. The van der Waals surface area contributed by atoms with Crippen LogP contribution >= 0.6 is 0 Å². The maximum Gasteiger partial charge on any atom is 0.159 e. The molecule has 0 N–H and O–H groups in total. The van der Waals surface area contributed by atoms with Gasteiger partial charge in [0.2, 0.25) is 0 Å². The summed E-state index contributed by atoms with van der Waals surface area (Å²) in [5, 5.41) is 0. The summed E-state index contributed by atoms with van der Waals surface area (Å²) >= 11 is 0. The van der Waals surface area contributed by atoms with Gasteiger partial charge in [-0.3, -0.25) is 0 Å². The topological polar surface area (TPSA) is 0 Å². The first-order valence-electron chi connectivity index (χ1n) is 11.6. The Hall–Kier alpha value is -0.703. The van der Waals surface area contributed by atoms with Crippen LogP contribution in [0.15, 0.2) is 18.2 Å². The summed E-state index contributed by atoms with van der Waals surface area (Å²) in [6.07, 6.45) is 16.5. The molecule has 0 nitrogen and oxygen atoms in total. The Morgan fingerprint density at radius 3 is 2.22 bits per heavy atom. The van der Waals surface area contributed by atoms with Crippen molar-refractivity contribution in [2.24, 2.45) is 11.8 Å². The van der Waals surface area contributed by atoms with E-state index < -0.39 is 20.4 Å². The molecule has 1 aromatic carbocycles. The van der Waals surface area contributed by atoms with Crippen LogP contribution in [0.2, 0.25) is 17.6 Å². The monoisotopic (exact) mass is 392 g/mol. The minimum Gasteiger partial charge on any atom is -0.204 e. The molecular weight excluding hydrogens is 354 g/mol. The summed E-state index contributed by atoms with van der Waals surface area (Å²) in [5.74, 6) is 0.415. The Bertz CT molecular complexity index is 557. The largest absolute Gasteiger partial charge is 0.204 e. The zero-order chi connectivity index (χ0) is 19.1. The number of aryl methyl sites for hydroxylation is 1. The predicted molar refractivity (Wildman–Crippen MR) is 114 cm³/mol. The average Bonchev–Trinajstić information content (AvgIpc) is 2.70. The van der Waals surface area contributed by atoms with Crippen LogP contribution in [0, 0.1) is 23.5 Å². The summed E-state index contributed by atoms with van der Waals surface area (Å²) in [6.45, 7) is 2.30. The number of rotatable bonds is 8. The van der Waals surface area contributed by atoms with Gasteiger partial charge in [-0.25, -0.2) is 8.78 Å². The molecule has 1 aromatic rings. The highest BCUT2D eigenvalue weighted by Crippen LogP contribution is 2.42. The van der Waals surface area contributed by atoms with Gasteiger partial charge in [-0.1, -0.05) is 89.3 Å². The van der Waals surface area contributed by atoms with Crippen molar-refractivity contribution >= 4 is 8.80 Å². The first kappa shape index (κ1) is 21.0. The Balaban J connectivity index is 1.34. The molecule has 0 radical (unpaired) electrons. The molecule has 2 fully saturated rings. The third kappa shape index (κ3) is 6.41. The summed E-state index contributed by atoms with van der Waals surface area (Å²) in [6, 6.07) is 7.62. The van der Waals surface area contributed by atoms with Crippen LogP contribution in [0.1, 0.15) is 83.1 Å². The van der Waals surface area contributed by atoms with E-state index >= 15 is 0 Å². The molecule has 27 heavy (non-hydrogen) atoms. The second-order valence-electron chi connectivity index (χ2n) is 9.34. The zero-order valence-corrected chi connectivity index (χ0v) is 18.4. The summed E-state index contributed by atoms with van der Waals surface area (Å²) in [4.78, 5) is 0. The molecule has 2 aliphatic rings. The van der Waals surface area contributed by atoms with Crippen molar-refractivity contribution < 1.29 is 8.78 Å². The molecule has 1 aliphatic carbocycles. The SMILES string of the molecule is CCCCCC1CC[SiH](C2CCC(CCc3ccc(F)c(F)c3)CC2)CC1. The van der Waals surface area contributed by atoms with Gasteiger partial charge < -0.3 is 0 Å². The van der Waals surface area contributed by atoms with Gasteiger partial charge in [0.25, 0.3) is 0 Å². The molecule has 1 aliphatic heterocycles. The fraction of sp³-hybridized carbons (Fsp3) is 0.750. The van der Waals surface area contributed by atoms with E-state index in [0.717, 1.165) is 35.8 Å². The number of hydrogen-bond donors (Lipinski definition) is 0. The molecule has 1 saturated heterocycles. The second kappa shape index (κ2) is 10.7. The summed E-state index contributed by atoms with van der Waals surface area (Å²) < 4.78 is 26.4. The molecule has 3 rings (SSSR count). The Labute approximate surface area is 166 Å². The lowest BCUT2D eigenvalue weighted by Gasteiger charge is -2.37. The lowest BCUT2D eigenvalue weighted by Crippen LogP contribution is -2.29. The molecule has 3 heteroatoms. The third-order valence-electron chi connectivity index (χ3n) is 7.49. The Morgan fingerprint density at radius 1 is 0.852 bits per heavy atom.